The van der Waals surface area contributed by atoms with Gasteiger partial charge in [-0.25, -0.2) is 4.79 Å². The van der Waals surface area contributed by atoms with E-state index in [1.165, 1.54) is 19.3 Å². The summed E-state index contributed by atoms with van der Waals surface area (Å²) < 4.78 is 5.82. The van der Waals surface area contributed by atoms with Crippen LogP contribution >= 0.6 is 0 Å². The molecule has 1 aliphatic carbocycles. The number of urea groups is 1. The fraction of sp³-hybridized carbons (Fsp3) is 0.944. The van der Waals surface area contributed by atoms with Crippen molar-refractivity contribution in [2.45, 2.75) is 83.1 Å². The fourth-order valence-electron chi connectivity index (χ4n) is 4.53. The fourth-order valence-corrected chi connectivity index (χ4v) is 4.53. The second kappa shape index (κ2) is 7.84. The van der Waals surface area contributed by atoms with Crippen LogP contribution in [0.3, 0.4) is 0 Å². The third-order valence-electron chi connectivity index (χ3n) is 5.53. The molecule has 0 aromatic heterocycles. The first kappa shape index (κ1) is 17.0. The lowest BCUT2D eigenvalue weighted by Crippen LogP contribution is -2.53. The van der Waals surface area contributed by atoms with E-state index in [0.29, 0.717) is 24.3 Å². The van der Waals surface area contributed by atoms with Crippen molar-refractivity contribution < 1.29 is 9.53 Å². The van der Waals surface area contributed by atoms with E-state index in [0.717, 1.165) is 51.9 Å². The third-order valence-corrected chi connectivity index (χ3v) is 5.53. The highest BCUT2D eigenvalue weighted by molar-refractivity contribution is 5.75. The standard InChI is InChI=1S/C18H33N3O2/c1-14-11-20(12-15(2)23-14)13-17-9-6-10-21(17)18(22)19-16-7-4-3-5-8-16/h14-17H,3-13H2,1-2H3,(H,19,22)/t14-,15+,17-/m0/s1. The first-order valence-electron chi connectivity index (χ1n) is 9.57. The lowest BCUT2D eigenvalue weighted by molar-refractivity contribution is -0.0713. The highest BCUT2D eigenvalue weighted by Crippen LogP contribution is 2.22. The van der Waals surface area contributed by atoms with Crippen LogP contribution in [0.2, 0.25) is 0 Å². The number of morpholine rings is 1. The molecule has 2 heterocycles. The van der Waals surface area contributed by atoms with Gasteiger partial charge in [0.15, 0.2) is 0 Å². The van der Waals surface area contributed by atoms with Crippen LogP contribution in [0.15, 0.2) is 0 Å². The molecule has 2 aliphatic heterocycles. The van der Waals surface area contributed by atoms with Crippen molar-refractivity contribution in [3.05, 3.63) is 0 Å². The van der Waals surface area contributed by atoms with Crippen molar-refractivity contribution in [2.75, 3.05) is 26.2 Å². The molecule has 5 nitrogen and oxygen atoms in total. The number of carbonyl (C=O) groups is 1. The van der Waals surface area contributed by atoms with Gasteiger partial charge in [-0.05, 0) is 39.5 Å². The van der Waals surface area contributed by atoms with Crippen LogP contribution < -0.4 is 5.32 Å². The number of nitrogens with one attached hydrogen (secondary N) is 1. The molecule has 0 aromatic carbocycles. The molecule has 2 saturated heterocycles. The summed E-state index contributed by atoms with van der Waals surface area (Å²) in [6.07, 6.45) is 9.03. The Morgan fingerprint density at radius 2 is 1.74 bits per heavy atom. The maximum atomic E-state index is 12.7. The largest absolute Gasteiger partial charge is 0.373 e. The number of nitrogens with zero attached hydrogens (tertiary/aromatic N) is 2. The molecule has 3 atom stereocenters. The van der Waals surface area contributed by atoms with Crippen molar-refractivity contribution >= 4 is 6.03 Å². The van der Waals surface area contributed by atoms with E-state index >= 15 is 0 Å². The monoisotopic (exact) mass is 323 g/mol. The summed E-state index contributed by atoms with van der Waals surface area (Å²) in [4.78, 5) is 17.2. The van der Waals surface area contributed by atoms with Crippen LogP contribution in [0, 0.1) is 0 Å². The summed E-state index contributed by atoms with van der Waals surface area (Å²) in [5.74, 6) is 0. The van der Waals surface area contributed by atoms with Crippen LogP contribution in [0.4, 0.5) is 4.79 Å². The van der Waals surface area contributed by atoms with Gasteiger partial charge in [0.2, 0.25) is 0 Å². The SMILES string of the molecule is C[C@@H]1CN(C[C@@H]2CCCN2C(=O)NC2CCCCC2)C[C@H](C)O1. The molecule has 2 amide bonds. The second-order valence-electron chi connectivity index (χ2n) is 7.75. The molecule has 0 spiro atoms. The molecule has 0 radical (unpaired) electrons. The lowest BCUT2D eigenvalue weighted by Gasteiger charge is -2.38. The van der Waals surface area contributed by atoms with Crippen molar-refractivity contribution in [1.29, 1.82) is 0 Å². The predicted octanol–water partition coefficient (Wildman–Crippen LogP) is 2.60. The zero-order valence-electron chi connectivity index (χ0n) is 14.8. The van der Waals surface area contributed by atoms with Gasteiger partial charge in [-0.2, -0.15) is 0 Å². The minimum atomic E-state index is 0.175. The quantitative estimate of drug-likeness (QED) is 0.868. The van der Waals surface area contributed by atoms with Gasteiger partial charge in [0.1, 0.15) is 0 Å². The Morgan fingerprint density at radius 3 is 2.43 bits per heavy atom. The molecule has 23 heavy (non-hydrogen) atoms. The maximum Gasteiger partial charge on any atom is 0.317 e. The molecule has 1 saturated carbocycles. The zero-order valence-corrected chi connectivity index (χ0v) is 14.8. The molecule has 132 valence electrons. The van der Waals surface area contributed by atoms with Crippen molar-refractivity contribution in [3.63, 3.8) is 0 Å². The van der Waals surface area contributed by atoms with Gasteiger partial charge in [0.05, 0.1) is 12.2 Å². The Hall–Kier alpha value is -0.810. The van der Waals surface area contributed by atoms with E-state index in [-0.39, 0.29) is 6.03 Å². The van der Waals surface area contributed by atoms with Gasteiger partial charge >= 0.3 is 6.03 Å². The number of carbonyl (C=O) groups excluding carboxylic acids is 1. The molecule has 0 unspecified atom stereocenters. The van der Waals surface area contributed by atoms with Crippen molar-refractivity contribution in [3.8, 4) is 0 Å². The Bertz CT molecular complexity index is 388. The van der Waals surface area contributed by atoms with Crippen LogP contribution in [0.1, 0.15) is 58.8 Å². The number of rotatable bonds is 3. The Morgan fingerprint density at radius 1 is 1.04 bits per heavy atom. The van der Waals surface area contributed by atoms with Gasteiger partial charge < -0.3 is 15.0 Å². The average Bonchev–Trinajstić information content (AvgIpc) is 2.95. The van der Waals surface area contributed by atoms with Gasteiger partial charge in [0.25, 0.3) is 0 Å². The first-order chi connectivity index (χ1) is 11.1. The highest BCUT2D eigenvalue weighted by Gasteiger charge is 2.33. The first-order valence-corrected chi connectivity index (χ1v) is 9.57. The minimum absolute atomic E-state index is 0.175. The molecule has 0 aromatic rings. The van der Waals surface area contributed by atoms with Crippen LogP contribution in [-0.4, -0.2) is 66.3 Å². The summed E-state index contributed by atoms with van der Waals surface area (Å²) in [7, 11) is 0. The molecule has 3 fully saturated rings. The Balaban J connectivity index is 1.51. The lowest BCUT2D eigenvalue weighted by atomic mass is 9.96. The summed E-state index contributed by atoms with van der Waals surface area (Å²) >= 11 is 0. The van der Waals surface area contributed by atoms with Gasteiger partial charge in [-0.15, -0.1) is 0 Å². The number of likely N-dealkylation sites (tertiary alicyclic amines) is 1. The molecular weight excluding hydrogens is 290 g/mol. The van der Waals surface area contributed by atoms with E-state index in [2.05, 4.69) is 29.0 Å². The molecule has 5 heteroatoms. The average molecular weight is 323 g/mol. The van der Waals surface area contributed by atoms with Crippen LogP contribution in [0.25, 0.3) is 0 Å². The maximum absolute atomic E-state index is 12.7. The van der Waals surface area contributed by atoms with Crippen molar-refractivity contribution in [1.82, 2.24) is 15.1 Å². The summed E-state index contributed by atoms with van der Waals surface area (Å²) in [5.41, 5.74) is 0. The summed E-state index contributed by atoms with van der Waals surface area (Å²) in [6.45, 7) is 8.17. The van der Waals surface area contributed by atoms with E-state index < -0.39 is 0 Å². The topological polar surface area (TPSA) is 44.8 Å². The van der Waals surface area contributed by atoms with Gasteiger partial charge in [-0.1, -0.05) is 19.3 Å². The van der Waals surface area contributed by atoms with Crippen LogP contribution in [0.5, 0.6) is 0 Å². The normalized spacial score (nSPS) is 33.8. The number of hydrogen-bond acceptors (Lipinski definition) is 3. The van der Waals surface area contributed by atoms with Gasteiger partial charge in [-0.3, -0.25) is 4.90 Å². The number of hydrogen-bond donors (Lipinski definition) is 1. The third kappa shape index (κ3) is 4.60. The minimum Gasteiger partial charge on any atom is -0.373 e. The van der Waals surface area contributed by atoms with Crippen molar-refractivity contribution in [2.24, 2.45) is 0 Å². The van der Waals surface area contributed by atoms with E-state index in [4.69, 9.17) is 4.74 Å². The second-order valence-corrected chi connectivity index (χ2v) is 7.75. The molecular formula is C18H33N3O2. The summed E-state index contributed by atoms with van der Waals surface area (Å²) in [6, 6.07) is 0.950. The zero-order chi connectivity index (χ0) is 16.2. The predicted molar refractivity (Wildman–Crippen MR) is 91.6 cm³/mol. The highest BCUT2D eigenvalue weighted by atomic mass is 16.5. The smallest absolute Gasteiger partial charge is 0.317 e. The van der Waals surface area contributed by atoms with Crippen LogP contribution in [-0.2, 0) is 4.74 Å². The number of ether oxygens (including phenoxy) is 1. The van der Waals surface area contributed by atoms with E-state index in [9.17, 15) is 4.79 Å². The molecule has 1 N–H and O–H groups in total. The molecule has 0 bridgehead atoms. The van der Waals surface area contributed by atoms with E-state index in [1.54, 1.807) is 0 Å². The summed E-state index contributed by atoms with van der Waals surface area (Å²) in [5, 5.41) is 3.29. The van der Waals surface area contributed by atoms with Gasteiger partial charge in [0, 0.05) is 38.3 Å². The Labute approximate surface area is 140 Å². The molecule has 3 rings (SSSR count). The Kier molecular flexibility index (Phi) is 5.81. The number of amides is 2. The molecule has 3 aliphatic rings. The van der Waals surface area contributed by atoms with E-state index in [1.807, 2.05) is 0 Å².